The van der Waals surface area contributed by atoms with E-state index in [0.29, 0.717) is 0 Å². The average molecular weight is 267 g/mol. The van der Waals surface area contributed by atoms with E-state index in [-0.39, 0.29) is 6.17 Å². The maximum absolute atomic E-state index is 6.32. The average Bonchev–Trinajstić information content (AvgIpc) is 2.46. The van der Waals surface area contributed by atoms with Gasteiger partial charge in [0.1, 0.15) is 0 Å². The molecule has 1 atom stereocenters. The molecule has 2 aromatic rings. The molecule has 3 heteroatoms. The molecule has 0 heterocycles. The number of fused-ring (bicyclic) bond motifs is 1. The van der Waals surface area contributed by atoms with E-state index < -0.39 is 0 Å². The van der Waals surface area contributed by atoms with Gasteiger partial charge in [0.25, 0.3) is 0 Å². The molecule has 20 heavy (non-hydrogen) atoms. The van der Waals surface area contributed by atoms with Crippen LogP contribution in [0.4, 0.5) is 11.4 Å². The SMILES string of the molecule is C#Cc1ccc2c(N)c(N(C)C(C)NCC)ccc2c1. The van der Waals surface area contributed by atoms with Crippen LogP contribution >= 0.6 is 0 Å². The van der Waals surface area contributed by atoms with Crippen molar-refractivity contribution >= 4 is 22.1 Å². The zero-order valence-corrected chi connectivity index (χ0v) is 12.3. The molecule has 0 aliphatic heterocycles. The third kappa shape index (κ3) is 2.56. The summed E-state index contributed by atoms with van der Waals surface area (Å²) in [6.07, 6.45) is 5.66. The standard InChI is InChI=1S/C17H21N3/c1-5-13-7-9-15-14(11-13)8-10-16(17(15)18)20(4)12(3)19-6-2/h1,7-12,19H,6,18H2,2-4H3. The second-order valence-corrected chi connectivity index (χ2v) is 4.92. The summed E-state index contributed by atoms with van der Waals surface area (Å²) in [6, 6.07) is 10.0. The molecule has 2 aromatic carbocycles. The van der Waals surface area contributed by atoms with Crippen LogP contribution in [-0.4, -0.2) is 19.8 Å². The van der Waals surface area contributed by atoms with E-state index in [1.807, 2.05) is 31.3 Å². The minimum atomic E-state index is 0.227. The first-order valence-corrected chi connectivity index (χ1v) is 6.83. The first kappa shape index (κ1) is 14.2. The molecule has 0 fully saturated rings. The van der Waals surface area contributed by atoms with Gasteiger partial charge in [-0.3, -0.25) is 5.32 Å². The van der Waals surface area contributed by atoms with Gasteiger partial charge in [0.15, 0.2) is 0 Å². The summed E-state index contributed by atoms with van der Waals surface area (Å²) in [4.78, 5) is 2.15. The minimum absolute atomic E-state index is 0.227. The highest BCUT2D eigenvalue weighted by molar-refractivity contribution is 5.99. The summed E-state index contributed by atoms with van der Waals surface area (Å²) < 4.78 is 0. The lowest BCUT2D eigenvalue weighted by Crippen LogP contribution is -2.41. The molecule has 3 N–H and O–H groups in total. The van der Waals surface area contributed by atoms with Crippen LogP contribution in [0.2, 0.25) is 0 Å². The number of nitrogen functional groups attached to an aromatic ring is 1. The van der Waals surface area contributed by atoms with Crippen LogP contribution in [0.3, 0.4) is 0 Å². The molecule has 0 radical (unpaired) electrons. The van der Waals surface area contributed by atoms with Crippen LogP contribution in [0, 0.1) is 12.3 Å². The predicted molar refractivity (Wildman–Crippen MR) is 87.8 cm³/mol. The number of benzene rings is 2. The Kier molecular flexibility index (Phi) is 4.16. The second kappa shape index (κ2) is 5.85. The molecule has 2 rings (SSSR count). The van der Waals surface area contributed by atoms with Gasteiger partial charge in [-0.25, -0.2) is 0 Å². The van der Waals surface area contributed by atoms with Gasteiger partial charge in [0, 0.05) is 18.0 Å². The first-order valence-electron chi connectivity index (χ1n) is 6.83. The first-order chi connectivity index (χ1) is 9.58. The lowest BCUT2D eigenvalue weighted by Gasteiger charge is -2.29. The van der Waals surface area contributed by atoms with Gasteiger partial charge in [0.2, 0.25) is 0 Å². The zero-order valence-electron chi connectivity index (χ0n) is 12.3. The molecule has 0 aliphatic rings. The fourth-order valence-electron chi connectivity index (χ4n) is 2.38. The van der Waals surface area contributed by atoms with Gasteiger partial charge in [0.05, 0.1) is 17.5 Å². The van der Waals surface area contributed by atoms with Crippen molar-refractivity contribution < 1.29 is 0 Å². The summed E-state index contributed by atoms with van der Waals surface area (Å²) in [7, 11) is 2.04. The van der Waals surface area contributed by atoms with E-state index in [1.165, 1.54) is 0 Å². The maximum Gasteiger partial charge on any atom is 0.0764 e. The van der Waals surface area contributed by atoms with Crippen molar-refractivity contribution in [1.29, 1.82) is 0 Å². The second-order valence-electron chi connectivity index (χ2n) is 4.92. The highest BCUT2D eigenvalue weighted by Gasteiger charge is 2.13. The number of anilines is 2. The fourth-order valence-corrected chi connectivity index (χ4v) is 2.38. The summed E-state index contributed by atoms with van der Waals surface area (Å²) >= 11 is 0. The van der Waals surface area contributed by atoms with Crippen molar-refractivity contribution in [2.75, 3.05) is 24.2 Å². The maximum atomic E-state index is 6.32. The zero-order chi connectivity index (χ0) is 14.7. The topological polar surface area (TPSA) is 41.3 Å². The van der Waals surface area contributed by atoms with E-state index >= 15 is 0 Å². The number of rotatable bonds is 4. The Morgan fingerprint density at radius 2 is 2.10 bits per heavy atom. The normalized spacial score (nSPS) is 12.1. The minimum Gasteiger partial charge on any atom is -0.397 e. The van der Waals surface area contributed by atoms with Gasteiger partial charge in [-0.05, 0) is 37.1 Å². The van der Waals surface area contributed by atoms with Crippen LogP contribution in [0.1, 0.15) is 19.4 Å². The van der Waals surface area contributed by atoms with Crippen LogP contribution in [-0.2, 0) is 0 Å². The molecule has 0 saturated carbocycles. The third-order valence-corrected chi connectivity index (χ3v) is 3.67. The molecule has 0 amide bonds. The molecule has 0 aromatic heterocycles. The van der Waals surface area contributed by atoms with Gasteiger partial charge in [-0.2, -0.15) is 0 Å². The Morgan fingerprint density at radius 3 is 2.75 bits per heavy atom. The Morgan fingerprint density at radius 1 is 1.35 bits per heavy atom. The summed E-state index contributed by atoms with van der Waals surface area (Å²) in [5, 5.41) is 5.50. The van der Waals surface area contributed by atoms with Crippen molar-refractivity contribution in [3.63, 3.8) is 0 Å². The Balaban J connectivity index is 2.47. The monoisotopic (exact) mass is 267 g/mol. The Hall–Kier alpha value is -2.18. The summed E-state index contributed by atoms with van der Waals surface area (Å²) in [5.74, 6) is 2.65. The molecule has 104 valence electrons. The van der Waals surface area contributed by atoms with Gasteiger partial charge in [-0.1, -0.05) is 25.0 Å². The van der Waals surface area contributed by atoms with Crippen molar-refractivity contribution in [3.05, 3.63) is 35.9 Å². The quantitative estimate of drug-likeness (QED) is 0.508. The number of nitrogens with two attached hydrogens (primary N) is 1. The summed E-state index contributed by atoms with van der Waals surface area (Å²) in [5.41, 5.74) is 9.02. The number of nitrogens with one attached hydrogen (secondary N) is 1. The Labute approximate surface area is 120 Å². The molecule has 0 saturated heterocycles. The summed E-state index contributed by atoms with van der Waals surface area (Å²) in [6.45, 7) is 5.13. The molecular weight excluding hydrogens is 246 g/mol. The van der Waals surface area contributed by atoms with Crippen molar-refractivity contribution in [2.45, 2.75) is 20.0 Å². The van der Waals surface area contributed by atoms with Crippen LogP contribution in [0.25, 0.3) is 10.8 Å². The van der Waals surface area contributed by atoms with Crippen LogP contribution in [0.15, 0.2) is 30.3 Å². The largest absolute Gasteiger partial charge is 0.397 e. The van der Waals surface area contributed by atoms with E-state index in [4.69, 9.17) is 12.2 Å². The Bertz CT molecular complexity index is 655. The molecule has 0 spiro atoms. The highest BCUT2D eigenvalue weighted by atomic mass is 15.2. The number of hydrogen-bond donors (Lipinski definition) is 2. The third-order valence-electron chi connectivity index (χ3n) is 3.67. The van der Waals surface area contributed by atoms with Crippen molar-refractivity contribution in [1.82, 2.24) is 5.32 Å². The van der Waals surface area contributed by atoms with Gasteiger partial charge in [-0.15, -0.1) is 6.42 Å². The number of hydrogen-bond acceptors (Lipinski definition) is 3. The lowest BCUT2D eigenvalue weighted by molar-refractivity contribution is 0.559. The smallest absolute Gasteiger partial charge is 0.0764 e. The van der Waals surface area contributed by atoms with Gasteiger partial charge < -0.3 is 10.6 Å². The van der Waals surface area contributed by atoms with Crippen molar-refractivity contribution in [2.24, 2.45) is 0 Å². The van der Waals surface area contributed by atoms with E-state index in [2.05, 4.69) is 36.1 Å². The highest BCUT2D eigenvalue weighted by Crippen LogP contribution is 2.32. The van der Waals surface area contributed by atoms with E-state index in [9.17, 15) is 0 Å². The molecule has 3 nitrogen and oxygen atoms in total. The van der Waals surface area contributed by atoms with Crippen LogP contribution < -0.4 is 16.0 Å². The van der Waals surface area contributed by atoms with Gasteiger partial charge >= 0.3 is 0 Å². The molecule has 0 aliphatic carbocycles. The molecule has 1 unspecified atom stereocenters. The van der Waals surface area contributed by atoms with Crippen LogP contribution in [0.5, 0.6) is 0 Å². The van der Waals surface area contributed by atoms with E-state index in [0.717, 1.165) is 34.3 Å². The molecule has 0 bridgehead atoms. The number of terminal acetylenes is 1. The van der Waals surface area contributed by atoms with E-state index in [1.54, 1.807) is 0 Å². The lowest BCUT2D eigenvalue weighted by atomic mass is 10.0. The fraction of sp³-hybridized carbons (Fsp3) is 0.294. The van der Waals surface area contributed by atoms with Crippen molar-refractivity contribution in [3.8, 4) is 12.3 Å². The number of nitrogens with zero attached hydrogens (tertiary/aromatic N) is 1. The molecular formula is C17H21N3. The predicted octanol–water partition coefficient (Wildman–Crippen LogP) is 2.80.